The average Bonchev–Trinajstić information content (AvgIpc) is 2.90. The van der Waals surface area contributed by atoms with E-state index in [4.69, 9.17) is 11.6 Å². The van der Waals surface area contributed by atoms with Gasteiger partial charge in [-0.15, -0.1) is 0 Å². The lowest BCUT2D eigenvalue weighted by Gasteiger charge is -2.23. The van der Waals surface area contributed by atoms with Gasteiger partial charge in [0.15, 0.2) is 0 Å². The highest BCUT2D eigenvalue weighted by Crippen LogP contribution is 2.36. The second kappa shape index (κ2) is 5.75. The van der Waals surface area contributed by atoms with E-state index in [-0.39, 0.29) is 6.04 Å². The van der Waals surface area contributed by atoms with Crippen LogP contribution in [0.5, 0.6) is 0 Å². The Kier molecular flexibility index (Phi) is 4.53. The Morgan fingerprint density at radius 3 is 2.57 bits per heavy atom. The van der Waals surface area contributed by atoms with Crippen LogP contribution in [0.1, 0.15) is 12.0 Å². The van der Waals surface area contributed by atoms with E-state index in [0.29, 0.717) is 25.6 Å². The van der Waals surface area contributed by atoms with Crippen molar-refractivity contribution in [2.24, 2.45) is 0 Å². The second-order valence-electron chi connectivity index (χ2n) is 4.81. The Balaban J connectivity index is 2.41. The number of hydrogen-bond donors (Lipinski definition) is 1. The van der Waals surface area contributed by atoms with Crippen molar-refractivity contribution in [2.75, 3.05) is 20.1 Å². The van der Waals surface area contributed by atoms with Crippen molar-refractivity contribution in [3.8, 4) is 0 Å². The summed E-state index contributed by atoms with van der Waals surface area (Å²) >= 11 is 5.50. The Hall–Kier alpha value is -0.830. The molecule has 0 aliphatic carbocycles. The molecule has 4 nitrogen and oxygen atoms in total. The largest absolute Gasteiger partial charge is 0.417 e. The molecule has 1 aromatic rings. The van der Waals surface area contributed by atoms with E-state index in [1.165, 1.54) is 7.05 Å². The molecule has 0 unspecified atom stereocenters. The first-order valence-electron chi connectivity index (χ1n) is 6.19. The third-order valence-electron chi connectivity index (χ3n) is 3.47. The number of nitrogens with one attached hydrogen (secondary N) is 1. The number of nitrogens with zero attached hydrogens (tertiary/aromatic N) is 1. The monoisotopic (exact) mass is 342 g/mol. The molecule has 0 aromatic heterocycles. The van der Waals surface area contributed by atoms with Crippen molar-refractivity contribution in [1.29, 1.82) is 0 Å². The zero-order valence-corrected chi connectivity index (χ0v) is 12.7. The van der Waals surface area contributed by atoms with Gasteiger partial charge >= 0.3 is 6.18 Å². The highest BCUT2D eigenvalue weighted by Gasteiger charge is 2.36. The van der Waals surface area contributed by atoms with Crippen LogP contribution < -0.4 is 5.32 Å². The van der Waals surface area contributed by atoms with Crippen LogP contribution in [-0.2, 0) is 16.2 Å². The van der Waals surface area contributed by atoms with Gasteiger partial charge < -0.3 is 5.32 Å². The van der Waals surface area contributed by atoms with Crippen LogP contribution in [0.3, 0.4) is 0 Å². The van der Waals surface area contributed by atoms with E-state index in [1.807, 2.05) is 0 Å². The van der Waals surface area contributed by atoms with Crippen LogP contribution in [0.15, 0.2) is 23.1 Å². The molecule has 1 N–H and O–H groups in total. The zero-order valence-electron chi connectivity index (χ0n) is 11.1. The molecule has 118 valence electrons. The smallest absolute Gasteiger partial charge is 0.315 e. The Bertz CT molecular complexity index is 628. The number of alkyl halides is 3. The van der Waals surface area contributed by atoms with Crippen LogP contribution in [0.4, 0.5) is 13.2 Å². The minimum Gasteiger partial charge on any atom is -0.315 e. The molecule has 0 bridgehead atoms. The van der Waals surface area contributed by atoms with Gasteiger partial charge in [0.1, 0.15) is 0 Å². The fraction of sp³-hybridized carbons (Fsp3) is 0.500. The van der Waals surface area contributed by atoms with Gasteiger partial charge in [0.05, 0.1) is 15.5 Å². The maximum atomic E-state index is 12.8. The summed E-state index contributed by atoms with van der Waals surface area (Å²) in [7, 11) is -2.62. The van der Waals surface area contributed by atoms with Crippen molar-refractivity contribution >= 4 is 21.6 Å². The van der Waals surface area contributed by atoms with Gasteiger partial charge in [0.25, 0.3) is 0 Å². The highest BCUT2D eigenvalue weighted by molar-refractivity contribution is 7.89. The van der Waals surface area contributed by atoms with Gasteiger partial charge in [-0.2, -0.15) is 17.5 Å². The molecule has 1 aromatic carbocycles. The van der Waals surface area contributed by atoms with Crippen LogP contribution in [-0.4, -0.2) is 38.9 Å². The second-order valence-corrected chi connectivity index (χ2v) is 7.21. The number of benzene rings is 1. The fourth-order valence-electron chi connectivity index (χ4n) is 2.19. The molecule has 0 radical (unpaired) electrons. The number of rotatable bonds is 3. The molecule has 1 heterocycles. The van der Waals surface area contributed by atoms with Crippen molar-refractivity contribution in [2.45, 2.75) is 23.5 Å². The molecule has 9 heteroatoms. The molecule has 1 aliphatic rings. The zero-order chi connectivity index (χ0) is 15.8. The third-order valence-corrected chi connectivity index (χ3v) is 5.70. The molecule has 0 saturated carbocycles. The first kappa shape index (κ1) is 16.5. The summed E-state index contributed by atoms with van der Waals surface area (Å²) < 4.78 is 64.4. The number of halogens is 4. The van der Waals surface area contributed by atoms with E-state index in [1.54, 1.807) is 0 Å². The summed E-state index contributed by atoms with van der Waals surface area (Å²) in [5, 5.41) is 2.49. The van der Waals surface area contributed by atoms with Crippen molar-refractivity contribution in [3.63, 3.8) is 0 Å². The molecule has 0 spiro atoms. The molecule has 21 heavy (non-hydrogen) atoms. The lowest BCUT2D eigenvalue weighted by Crippen LogP contribution is -2.38. The van der Waals surface area contributed by atoms with Crippen LogP contribution >= 0.6 is 11.6 Å². The summed E-state index contributed by atoms with van der Waals surface area (Å²) in [6.07, 6.45) is -4.08. The molecular formula is C12H14ClF3N2O2S. The Morgan fingerprint density at radius 1 is 1.38 bits per heavy atom. The van der Waals surface area contributed by atoms with E-state index in [0.717, 1.165) is 16.4 Å². The minimum atomic E-state index is -4.70. The average molecular weight is 343 g/mol. The summed E-state index contributed by atoms with van der Waals surface area (Å²) in [5.41, 5.74) is -1.15. The quantitative estimate of drug-likeness (QED) is 0.917. The van der Waals surface area contributed by atoms with E-state index < -0.39 is 31.7 Å². The molecule has 1 saturated heterocycles. The minimum absolute atomic E-state index is 0.264. The molecule has 1 aliphatic heterocycles. The molecular weight excluding hydrogens is 329 g/mol. The SMILES string of the molecule is CN([C@@H]1CCNC1)S(=O)(=O)c1ccc(Cl)c(C(F)(F)F)c1. The van der Waals surface area contributed by atoms with Crippen molar-refractivity contribution in [1.82, 2.24) is 9.62 Å². The summed E-state index contributed by atoms with van der Waals surface area (Å²) in [5.74, 6) is 0. The van der Waals surface area contributed by atoms with Crippen LogP contribution in [0.2, 0.25) is 5.02 Å². The summed E-state index contributed by atoms with van der Waals surface area (Å²) in [6.45, 7) is 1.16. The van der Waals surface area contributed by atoms with Crippen molar-refractivity contribution in [3.05, 3.63) is 28.8 Å². The topological polar surface area (TPSA) is 49.4 Å². The van der Waals surface area contributed by atoms with Gasteiger partial charge in [-0.25, -0.2) is 8.42 Å². The number of sulfonamides is 1. The maximum Gasteiger partial charge on any atom is 0.417 e. The predicted octanol–water partition coefficient (Wildman–Crippen LogP) is 2.34. The Labute approximate surface area is 125 Å². The maximum absolute atomic E-state index is 12.8. The first-order chi connectivity index (χ1) is 9.64. The lowest BCUT2D eigenvalue weighted by molar-refractivity contribution is -0.137. The molecule has 1 atom stereocenters. The van der Waals surface area contributed by atoms with E-state index >= 15 is 0 Å². The van der Waals surface area contributed by atoms with E-state index in [2.05, 4.69) is 5.32 Å². The summed E-state index contributed by atoms with van der Waals surface area (Å²) in [4.78, 5) is -0.409. The van der Waals surface area contributed by atoms with Crippen LogP contribution in [0, 0.1) is 0 Å². The summed E-state index contributed by atoms with van der Waals surface area (Å²) in [6, 6.07) is 2.36. The van der Waals surface area contributed by atoms with Gasteiger partial charge in [-0.3, -0.25) is 0 Å². The standard InChI is InChI=1S/C12H14ClF3N2O2S/c1-18(8-4-5-17-7-8)21(19,20)9-2-3-11(13)10(6-9)12(14,15)16/h2-3,6,8,17H,4-5,7H2,1H3/t8-/m1/s1. The van der Waals surface area contributed by atoms with Crippen LogP contribution in [0.25, 0.3) is 0 Å². The molecule has 2 rings (SSSR count). The fourth-order valence-corrected chi connectivity index (χ4v) is 3.83. The van der Waals surface area contributed by atoms with Gasteiger partial charge in [-0.05, 0) is 31.2 Å². The third kappa shape index (κ3) is 3.33. The predicted molar refractivity (Wildman–Crippen MR) is 72.7 cm³/mol. The van der Waals surface area contributed by atoms with Gasteiger partial charge in [0, 0.05) is 19.6 Å². The normalized spacial score (nSPS) is 20.2. The highest BCUT2D eigenvalue weighted by atomic mass is 35.5. The van der Waals surface area contributed by atoms with Gasteiger partial charge in [-0.1, -0.05) is 11.6 Å². The Morgan fingerprint density at radius 2 is 2.05 bits per heavy atom. The number of hydrogen-bond acceptors (Lipinski definition) is 3. The molecule has 0 amide bonds. The van der Waals surface area contributed by atoms with E-state index in [9.17, 15) is 21.6 Å². The first-order valence-corrected chi connectivity index (χ1v) is 8.01. The van der Waals surface area contributed by atoms with Gasteiger partial charge in [0.2, 0.25) is 10.0 Å². The molecule has 1 fully saturated rings. The number of likely N-dealkylation sites (N-methyl/N-ethyl adjacent to an activating group) is 1. The van der Waals surface area contributed by atoms with Crippen molar-refractivity contribution < 1.29 is 21.6 Å². The lowest BCUT2D eigenvalue weighted by atomic mass is 10.2.